The van der Waals surface area contributed by atoms with Crippen molar-refractivity contribution in [3.05, 3.63) is 80.9 Å². The molecule has 2 aromatic heterocycles. The molecule has 1 amide bonds. The SMILES string of the molecule is COc1ccccc1-c1nc(SC(C(N)=O)c2nc(-c3ccccc3)cs2)[nH]c(=O)c1C#N. The smallest absolute Gasteiger partial charge is 0.270 e. The number of thioether (sulfide) groups is 1. The fourth-order valence-electron chi connectivity index (χ4n) is 3.14. The molecule has 0 spiro atoms. The second-order valence-corrected chi connectivity index (χ2v) is 8.73. The normalized spacial score (nSPS) is 11.5. The highest BCUT2D eigenvalue weighted by molar-refractivity contribution is 8.00. The van der Waals surface area contributed by atoms with Crippen LogP contribution in [0.3, 0.4) is 0 Å². The number of thiazole rings is 1. The Bertz CT molecular complexity index is 1410. The van der Waals surface area contributed by atoms with Crippen molar-refractivity contribution in [1.82, 2.24) is 15.0 Å². The third kappa shape index (κ3) is 4.64. The van der Waals surface area contributed by atoms with E-state index in [2.05, 4.69) is 15.0 Å². The summed E-state index contributed by atoms with van der Waals surface area (Å²) in [4.78, 5) is 36.5. The predicted molar refractivity (Wildman–Crippen MR) is 127 cm³/mol. The molecule has 4 rings (SSSR count). The van der Waals surface area contributed by atoms with Crippen molar-refractivity contribution in [2.75, 3.05) is 7.11 Å². The second kappa shape index (κ2) is 9.68. The lowest BCUT2D eigenvalue weighted by Crippen LogP contribution is -2.21. The van der Waals surface area contributed by atoms with Crippen molar-refractivity contribution in [2.45, 2.75) is 10.4 Å². The van der Waals surface area contributed by atoms with Crippen molar-refractivity contribution >= 4 is 29.0 Å². The van der Waals surface area contributed by atoms with Crippen molar-refractivity contribution in [3.63, 3.8) is 0 Å². The van der Waals surface area contributed by atoms with Crippen LogP contribution in [0.25, 0.3) is 22.5 Å². The Balaban J connectivity index is 1.74. The van der Waals surface area contributed by atoms with Crippen LogP contribution >= 0.6 is 23.1 Å². The quantitative estimate of drug-likeness (QED) is 0.307. The van der Waals surface area contributed by atoms with Gasteiger partial charge in [0.25, 0.3) is 5.56 Å². The maximum absolute atomic E-state index is 12.6. The minimum Gasteiger partial charge on any atom is -0.496 e. The summed E-state index contributed by atoms with van der Waals surface area (Å²) >= 11 is 2.26. The summed E-state index contributed by atoms with van der Waals surface area (Å²) in [5.41, 5.74) is 7.18. The zero-order valence-electron chi connectivity index (χ0n) is 17.3. The van der Waals surface area contributed by atoms with Crippen LogP contribution in [0.15, 0.2) is 69.9 Å². The molecule has 1 unspecified atom stereocenters. The number of carbonyl (C=O) groups is 1. The van der Waals surface area contributed by atoms with Gasteiger partial charge in [0.15, 0.2) is 5.16 Å². The fourth-order valence-corrected chi connectivity index (χ4v) is 5.05. The van der Waals surface area contributed by atoms with Crippen LogP contribution in [0.2, 0.25) is 0 Å². The number of hydrogen-bond acceptors (Lipinski definition) is 8. The first kappa shape index (κ1) is 22.3. The van der Waals surface area contributed by atoms with Gasteiger partial charge in [-0.05, 0) is 12.1 Å². The summed E-state index contributed by atoms with van der Waals surface area (Å²) in [5.74, 6) is -0.165. The van der Waals surface area contributed by atoms with Gasteiger partial charge in [-0.15, -0.1) is 11.3 Å². The second-order valence-electron chi connectivity index (χ2n) is 6.74. The Kier molecular flexibility index (Phi) is 6.53. The Morgan fingerprint density at radius 3 is 2.61 bits per heavy atom. The van der Waals surface area contributed by atoms with Gasteiger partial charge in [-0.3, -0.25) is 9.59 Å². The van der Waals surface area contributed by atoms with Crippen LogP contribution in [0.5, 0.6) is 5.75 Å². The summed E-state index contributed by atoms with van der Waals surface area (Å²) in [6.45, 7) is 0. The largest absolute Gasteiger partial charge is 0.496 e. The van der Waals surface area contributed by atoms with Crippen LogP contribution in [-0.4, -0.2) is 28.0 Å². The molecule has 0 aliphatic rings. The van der Waals surface area contributed by atoms with E-state index in [9.17, 15) is 14.9 Å². The third-order valence-electron chi connectivity index (χ3n) is 4.68. The molecule has 1 atom stereocenters. The number of rotatable bonds is 7. The van der Waals surface area contributed by atoms with Crippen molar-refractivity contribution in [2.24, 2.45) is 5.73 Å². The molecule has 4 aromatic rings. The highest BCUT2D eigenvalue weighted by Crippen LogP contribution is 2.37. The van der Waals surface area contributed by atoms with Crippen molar-refractivity contribution in [3.8, 4) is 34.3 Å². The first-order valence-corrected chi connectivity index (χ1v) is 11.4. The first-order valence-electron chi connectivity index (χ1n) is 9.66. The third-order valence-corrected chi connectivity index (χ3v) is 6.84. The number of primary amides is 1. The molecule has 10 heteroatoms. The van der Waals surface area contributed by atoms with Gasteiger partial charge in [-0.25, -0.2) is 9.97 Å². The number of H-pyrrole nitrogens is 1. The predicted octanol–water partition coefficient (Wildman–Crippen LogP) is 3.76. The van der Waals surface area contributed by atoms with E-state index in [4.69, 9.17) is 10.5 Å². The van der Waals surface area contributed by atoms with Gasteiger partial charge in [0.05, 0.1) is 12.8 Å². The number of nitrogens with one attached hydrogen (secondary N) is 1. The number of benzene rings is 2. The van der Waals surface area contributed by atoms with E-state index in [1.54, 1.807) is 24.3 Å². The number of nitrogens with two attached hydrogens (primary N) is 1. The minimum atomic E-state index is -0.880. The molecule has 3 N–H and O–H groups in total. The van der Waals surface area contributed by atoms with E-state index in [0.717, 1.165) is 23.0 Å². The molecule has 0 saturated carbocycles. The molecule has 0 bridgehead atoms. The number of amides is 1. The van der Waals surface area contributed by atoms with Gasteiger partial charge in [0, 0.05) is 16.5 Å². The molecule has 164 valence electrons. The molecule has 0 saturated heterocycles. The average molecular weight is 476 g/mol. The monoisotopic (exact) mass is 475 g/mol. The van der Waals surface area contributed by atoms with E-state index >= 15 is 0 Å². The Labute approximate surface area is 197 Å². The molecule has 0 radical (unpaired) electrons. The zero-order valence-corrected chi connectivity index (χ0v) is 18.9. The molecule has 0 aliphatic heterocycles. The molecular formula is C23H17N5O3S2. The lowest BCUT2D eigenvalue weighted by Gasteiger charge is -2.12. The van der Waals surface area contributed by atoms with E-state index in [1.807, 2.05) is 41.8 Å². The summed E-state index contributed by atoms with van der Waals surface area (Å²) < 4.78 is 5.36. The number of para-hydroxylation sites is 1. The zero-order chi connectivity index (χ0) is 23.4. The number of ether oxygens (including phenoxy) is 1. The Morgan fingerprint density at radius 1 is 1.18 bits per heavy atom. The van der Waals surface area contributed by atoms with Crippen LogP contribution in [0.1, 0.15) is 15.8 Å². The number of hydrogen-bond donors (Lipinski definition) is 2. The van der Waals surface area contributed by atoms with E-state index in [-0.39, 0.29) is 16.4 Å². The van der Waals surface area contributed by atoms with Crippen molar-refractivity contribution in [1.29, 1.82) is 5.26 Å². The van der Waals surface area contributed by atoms with Crippen LogP contribution in [-0.2, 0) is 4.79 Å². The van der Waals surface area contributed by atoms with Crippen LogP contribution in [0.4, 0.5) is 0 Å². The molecular weight excluding hydrogens is 458 g/mol. The Hall–Kier alpha value is -3.94. The number of nitrogens with zero attached hydrogens (tertiary/aromatic N) is 3. The molecule has 0 fully saturated rings. The standard InChI is InChI=1S/C23H17N5O3S2/c1-31-17-10-6-5-9-14(17)18-15(11-24)21(30)28-23(27-18)33-19(20(25)29)22-26-16(12-32-22)13-7-3-2-4-8-13/h2-10,12,19H,1H3,(H2,25,29)(H,27,28,30). The molecule has 2 heterocycles. The van der Waals surface area contributed by atoms with Gasteiger partial charge >= 0.3 is 0 Å². The van der Waals surface area contributed by atoms with Crippen LogP contribution < -0.4 is 16.0 Å². The number of methoxy groups -OCH3 is 1. The number of aromatic nitrogens is 3. The molecule has 2 aromatic carbocycles. The molecule has 33 heavy (non-hydrogen) atoms. The summed E-state index contributed by atoms with van der Waals surface area (Å²) in [6.07, 6.45) is 0. The van der Waals surface area contributed by atoms with Gasteiger partial charge in [0.1, 0.15) is 33.3 Å². The van der Waals surface area contributed by atoms with E-state index in [1.165, 1.54) is 18.4 Å². The minimum absolute atomic E-state index is 0.139. The van der Waals surface area contributed by atoms with Crippen molar-refractivity contribution < 1.29 is 9.53 Å². The summed E-state index contributed by atoms with van der Waals surface area (Å²) in [6, 6.07) is 18.4. The number of aromatic amines is 1. The lowest BCUT2D eigenvalue weighted by atomic mass is 10.1. The molecule has 0 aliphatic carbocycles. The van der Waals surface area contributed by atoms with Gasteiger partial charge in [-0.2, -0.15) is 5.26 Å². The maximum Gasteiger partial charge on any atom is 0.270 e. The first-order chi connectivity index (χ1) is 16.0. The summed E-state index contributed by atoms with van der Waals surface area (Å²) in [7, 11) is 1.49. The highest BCUT2D eigenvalue weighted by atomic mass is 32.2. The van der Waals surface area contributed by atoms with Gasteiger partial charge in [-0.1, -0.05) is 54.2 Å². The highest BCUT2D eigenvalue weighted by Gasteiger charge is 2.26. The summed E-state index contributed by atoms with van der Waals surface area (Å²) in [5, 5.41) is 11.1. The van der Waals surface area contributed by atoms with E-state index in [0.29, 0.717) is 16.3 Å². The number of nitriles is 1. The maximum atomic E-state index is 12.6. The fraction of sp³-hybridized carbons (Fsp3) is 0.0870. The van der Waals surface area contributed by atoms with Gasteiger partial charge in [0.2, 0.25) is 5.91 Å². The average Bonchev–Trinajstić information content (AvgIpc) is 3.32. The van der Waals surface area contributed by atoms with E-state index < -0.39 is 16.7 Å². The lowest BCUT2D eigenvalue weighted by molar-refractivity contribution is -0.117. The molecule has 8 nitrogen and oxygen atoms in total. The number of carbonyl (C=O) groups excluding carboxylic acids is 1. The topological polar surface area (TPSA) is 135 Å². The van der Waals surface area contributed by atoms with Gasteiger partial charge < -0.3 is 15.5 Å². The Morgan fingerprint density at radius 2 is 1.91 bits per heavy atom. The van der Waals surface area contributed by atoms with Crippen LogP contribution in [0, 0.1) is 11.3 Å².